The molecule has 1 unspecified atom stereocenters. The Morgan fingerprint density at radius 3 is 2.68 bits per heavy atom. The van der Waals surface area contributed by atoms with E-state index in [2.05, 4.69) is 5.32 Å². The van der Waals surface area contributed by atoms with E-state index in [1.165, 1.54) is 11.0 Å². The predicted octanol–water partition coefficient (Wildman–Crippen LogP) is 0.454. The zero-order valence-corrected chi connectivity index (χ0v) is 11.9. The maximum Gasteiger partial charge on any atom is 0.335 e. The topological polar surface area (TPSA) is 104 Å². The molecule has 0 aromatic heterocycles. The van der Waals surface area contributed by atoms with Crippen LogP contribution in [0.5, 0.6) is 0 Å². The summed E-state index contributed by atoms with van der Waals surface area (Å²) in [6.07, 6.45) is 0.477. The third kappa shape index (κ3) is 2.14. The van der Waals surface area contributed by atoms with E-state index in [0.717, 1.165) is 0 Å². The average Bonchev–Trinajstić information content (AvgIpc) is 2.75. The van der Waals surface area contributed by atoms with Gasteiger partial charge in [-0.05, 0) is 36.6 Å². The second-order valence-corrected chi connectivity index (χ2v) is 5.53. The van der Waals surface area contributed by atoms with Gasteiger partial charge >= 0.3 is 5.97 Å². The Kier molecular flexibility index (Phi) is 3.20. The Morgan fingerprint density at radius 2 is 2.05 bits per heavy atom. The van der Waals surface area contributed by atoms with Crippen molar-refractivity contribution in [1.29, 1.82) is 0 Å². The summed E-state index contributed by atoms with van der Waals surface area (Å²) in [5, 5.41) is 11.4. The number of amides is 3. The first kappa shape index (κ1) is 14.2. The van der Waals surface area contributed by atoms with Gasteiger partial charge in [0.1, 0.15) is 6.04 Å². The van der Waals surface area contributed by atoms with Gasteiger partial charge in [0.15, 0.2) is 0 Å². The largest absolute Gasteiger partial charge is 0.478 e. The third-order valence-electron chi connectivity index (χ3n) is 4.10. The molecule has 3 amide bonds. The first-order chi connectivity index (χ1) is 10.4. The summed E-state index contributed by atoms with van der Waals surface area (Å²) in [6, 6.07) is 2.34. The number of nitrogens with zero attached hydrogens (tertiary/aromatic N) is 1. The molecule has 0 aliphatic carbocycles. The van der Waals surface area contributed by atoms with Crippen LogP contribution in [0.3, 0.4) is 0 Å². The zero-order chi connectivity index (χ0) is 16.0. The number of aromatic carboxylic acids is 1. The van der Waals surface area contributed by atoms with Gasteiger partial charge in [-0.25, -0.2) is 4.79 Å². The molecule has 7 heteroatoms. The molecule has 1 atom stereocenters. The molecule has 2 N–H and O–H groups in total. The van der Waals surface area contributed by atoms with Crippen LogP contribution in [0.2, 0.25) is 0 Å². The van der Waals surface area contributed by atoms with E-state index in [0.29, 0.717) is 16.7 Å². The summed E-state index contributed by atoms with van der Waals surface area (Å²) < 4.78 is 0. The highest BCUT2D eigenvalue weighted by atomic mass is 16.4. The molecule has 0 radical (unpaired) electrons. The van der Waals surface area contributed by atoms with Crippen molar-refractivity contribution < 1.29 is 24.3 Å². The number of piperidine rings is 1. The van der Waals surface area contributed by atoms with E-state index in [9.17, 15) is 19.2 Å². The summed E-state index contributed by atoms with van der Waals surface area (Å²) in [7, 11) is 0. The molecule has 22 heavy (non-hydrogen) atoms. The van der Waals surface area contributed by atoms with Crippen LogP contribution in [0, 0.1) is 6.92 Å². The van der Waals surface area contributed by atoms with Gasteiger partial charge in [0.25, 0.3) is 5.91 Å². The molecule has 0 spiro atoms. The van der Waals surface area contributed by atoms with Gasteiger partial charge in [0.05, 0.1) is 5.56 Å². The van der Waals surface area contributed by atoms with Crippen LogP contribution < -0.4 is 5.32 Å². The highest BCUT2D eigenvalue weighted by molar-refractivity contribution is 6.06. The standard InChI is InChI=1S/C15H14N2O5/c1-7-4-10-8(5-9(7)15(21)22)6-17(14(10)20)11-2-3-12(18)16-13(11)19/h4-5,11H,2-3,6H2,1H3,(H,21,22)(H,16,18,19). The first-order valence-corrected chi connectivity index (χ1v) is 6.90. The normalized spacial score (nSPS) is 20.9. The van der Waals surface area contributed by atoms with Crippen LogP contribution in [-0.2, 0) is 16.1 Å². The molecular weight excluding hydrogens is 288 g/mol. The van der Waals surface area contributed by atoms with Crippen molar-refractivity contribution in [2.75, 3.05) is 0 Å². The molecule has 1 saturated heterocycles. The number of aryl methyl sites for hydroxylation is 1. The summed E-state index contributed by atoms with van der Waals surface area (Å²) in [5.41, 5.74) is 1.67. The molecule has 3 rings (SSSR count). The maximum absolute atomic E-state index is 12.5. The number of hydrogen-bond donors (Lipinski definition) is 2. The second kappa shape index (κ2) is 4.94. The number of carbonyl (C=O) groups excluding carboxylic acids is 3. The number of carboxylic acid groups (broad SMARTS) is 1. The number of rotatable bonds is 2. The van der Waals surface area contributed by atoms with E-state index in [-0.39, 0.29) is 36.8 Å². The molecule has 7 nitrogen and oxygen atoms in total. The first-order valence-electron chi connectivity index (χ1n) is 6.90. The fourth-order valence-corrected chi connectivity index (χ4v) is 2.95. The number of benzene rings is 1. The molecule has 2 aliphatic heterocycles. The van der Waals surface area contributed by atoms with Gasteiger partial charge in [-0.1, -0.05) is 0 Å². The van der Waals surface area contributed by atoms with E-state index >= 15 is 0 Å². The van der Waals surface area contributed by atoms with Crippen molar-refractivity contribution in [3.05, 3.63) is 34.4 Å². The van der Waals surface area contributed by atoms with E-state index in [1.807, 2.05) is 0 Å². The Morgan fingerprint density at radius 1 is 1.32 bits per heavy atom. The molecule has 0 saturated carbocycles. The number of hydrogen-bond acceptors (Lipinski definition) is 4. The fourth-order valence-electron chi connectivity index (χ4n) is 2.95. The average molecular weight is 302 g/mol. The van der Waals surface area contributed by atoms with Crippen LogP contribution in [0.4, 0.5) is 0 Å². The van der Waals surface area contributed by atoms with Gasteiger partial charge in [-0.15, -0.1) is 0 Å². The number of nitrogens with one attached hydrogen (secondary N) is 1. The monoisotopic (exact) mass is 302 g/mol. The fraction of sp³-hybridized carbons (Fsp3) is 0.333. The van der Waals surface area contributed by atoms with Crippen molar-refractivity contribution in [1.82, 2.24) is 10.2 Å². The Labute approximate surface area is 125 Å². The molecule has 1 aromatic rings. The minimum Gasteiger partial charge on any atom is -0.478 e. The van der Waals surface area contributed by atoms with Gasteiger partial charge < -0.3 is 10.0 Å². The Bertz CT molecular complexity index is 725. The van der Waals surface area contributed by atoms with Crippen LogP contribution in [0.15, 0.2) is 12.1 Å². The summed E-state index contributed by atoms with van der Waals surface area (Å²) in [4.78, 5) is 48.2. The summed E-state index contributed by atoms with van der Waals surface area (Å²) in [6.45, 7) is 1.81. The van der Waals surface area contributed by atoms with Gasteiger partial charge in [-0.2, -0.15) is 0 Å². The lowest BCUT2D eigenvalue weighted by atomic mass is 10.0. The number of imide groups is 1. The number of carbonyl (C=O) groups is 4. The highest BCUT2D eigenvalue weighted by Crippen LogP contribution is 2.29. The molecule has 2 heterocycles. The van der Waals surface area contributed by atoms with Crippen molar-refractivity contribution in [2.45, 2.75) is 32.4 Å². The van der Waals surface area contributed by atoms with Crippen LogP contribution in [0.25, 0.3) is 0 Å². The smallest absolute Gasteiger partial charge is 0.335 e. The Balaban J connectivity index is 1.93. The highest BCUT2D eigenvalue weighted by Gasteiger charge is 2.39. The minimum absolute atomic E-state index is 0.150. The lowest BCUT2D eigenvalue weighted by molar-refractivity contribution is -0.136. The lowest BCUT2D eigenvalue weighted by Crippen LogP contribution is -2.52. The Hall–Kier alpha value is -2.70. The molecule has 1 fully saturated rings. The SMILES string of the molecule is Cc1cc2c(cc1C(=O)O)CN(C1CCC(=O)NC1=O)C2=O. The maximum atomic E-state index is 12.5. The predicted molar refractivity (Wildman–Crippen MR) is 74.2 cm³/mol. The minimum atomic E-state index is -1.05. The van der Waals surface area contributed by atoms with E-state index in [1.54, 1.807) is 13.0 Å². The summed E-state index contributed by atoms with van der Waals surface area (Å²) in [5.74, 6) is -2.17. The molecule has 1 aromatic carbocycles. The van der Waals surface area contributed by atoms with E-state index < -0.39 is 17.9 Å². The second-order valence-electron chi connectivity index (χ2n) is 5.53. The van der Waals surface area contributed by atoms with Crippen molar-refractivity contribution >= 4 is 23.7 Å². The van der Waals surface area contributed by atoms with Crippen LogP contribution in [0.1, 0.15) is 44.7 Å². The molecular formula is C15H14N2O5. The third-order valence-corrected chi connectivity index (χ3v) is 4.10. The van der Waals surface area contributed by atoms with Gasteiger partial charge in [0, 0.05) is 18.5 Å². The van der Waals surface area contributed by atoms with Gasteiger partial charge in [-0.3, -0.25) is 19.7 Å². The van der Waals surface area contributed by atoms with Crippen LogP contribution in [-0.4, -0.2) is 39.7 Å². The number of fused-ring (bicyclic) bond motifs is 1. The lowest BCUT2D eigenvalue weighted by Gasteiger charge is -2.29. The zero-order valence-electron chi connectivity index (χ0n) is 11.9. The molecule has 0 bridgehead atoms. The van der Waals surface area contributed by atoms with Crippen LogP contribution >= 0.6 is 0 Å². The van der Waals surface area contributed by atoms with E-state index in [4.69, 9.17) is 5.11 Å². The quantitative estimate of drug-likeness (QED) is 0.772. The van der Waals surface area contributed by atoms with Gasteiger partial charge in [0.2, 0.25) is 11.8 Å². The number of carboxylic acids is 1. The van der Waals surface area contributed by atoms with Crippen molar-refractivity contribution in [3.8, 4) is 0 Å². The molecule has 114 valence electrons. The summed E-state index contributed by atoms with van der Waals surface area (Å²) >= 11 is 0. The molecule has 2 aliphatic rings. The van der Waals surface area contributed by atoms with Crippen molar-refractivity contribution in [2.24, 2.45) is 0 Å². The van der Waals surface area contributed by atoms with Crippen molar-refractivity contribution in [3.63, 3.8) is 0 Å².